The molecule has 3 rings (SSSR count). The molecule has 0 radical (unpaired) electrons. The lowest BCUT2D eigenvalue weighted by Gasteiger charge is -2.10. The number of carbonyl (C=O) groups is 1. The van der Waals surface area contributed by atoms with E-state index < -0.39 is 0 Å². The fourth-order valence-electron chi connectivity index (χ4n) is 2.72. The van der Waals surface area contributed by atoms with E-state index in [9.17, 15) is 4.79 Å². The van der Waals surface area contributed by atoms with Crippen molar-refractivity contribution in [1.82, 2.24) is 14.4 Å². The molecule has 0 aliphatic heterocycles. The van der Waals surface area contributed by atoms with Gasteiger partial charge in [-0.3, -0.25) is 9.20 Å². The molecule has 22 heavy (non-hydrogen) atoms. The molecule has 0 unspecified atom stereocenters. The predicted octanol–water partition coefficient (Wildman–Crippen LogP) is 3.09. The van der Waals surface area contributed by atoms with E-state index in [-0.39, 0.29) is 0 Å². The zero-order valence-corrected chi connectivity index (χ0v) is 12.8. The van der Waals surface area contributed by atoms with Crippen LogP contribution in [-0.4, -0.2) is 27.8 Å². The van der Waals surface area contributed by atoms with Crippen molar-refractivity contribution in [3.8, 4) is 17.1 Å². The van der Waals surface area contributed by atoms with Gasteiger partial charge in [0.15, 0.2) is 6.29 Å². The highest BCUT2D eigenvalue weighted by Gasteiger charge is 2.15. The summed E-state index contributed by atoms with van der Waals surface area (Å²) in [6.07, 6.45) is 3.61. The average molecular weight is 295 g/mol. The van der Waals surface area contributed by atoms with Crippen LogP contribution in [0.3, 0.4) is 0 Å². The molecule has 0 saturated carbocycles. The van der Waals surface area contributed by atoms with E-state index in [2.05, 4.69) is 16.9 Å². The molecule has 112 valence electrons. The van der Waals surface area contributed by atoms with E-state index >= 15 is 0 Å². The first kappa shape index (κ1) is 14.3. The number of fused-ring (bicyclic) bond motifs is 1. The molecule has 0 saturated heterocycles. The van der Waals surface area contributed by atoms with Gasteiger partial charge >= 0.3 is 0 Å². The van der Waals surface area contributed by atoms with E-state index in [1.165, 1.54) is 0 Å². The van der Waals surface area contributed by atoms with E-state index in [4.69, 9.17) is 4.74 Å². The number of rotatable bonds is 4. The van der Waals surface area contributed by atoms with Crippen molar-refractivity contribution >= 4 is 12.1 Å². The SMILES string of the molecule is CCc1c(C)c(OC)nc2nc(-c3ccccc3C=O)cn12. The first-order valence-electron chi connectivity index (χ1n) is 7.16. The van der Waals surface area contributed by atoms with Gasteiger partial charge in [-0.2, -0.15) is 4.98 Å². The van der Waals surface area contributed by atoms with Gasteiger partial charge in [0.25, 0.3) is 0 Å². The van der Waals surface area contributed by atoms with Crippen molar-refractivity contribution in [2.24, 2.45) is 0 Å². The first-order valence-corrected chi connectivity index (χ1v) is 7.16. The number of hydrogen-bond acceptors (Lipinski definition) is 4. The molecule has 0 bridgehead atoms. The van der Waals surface area contributed by atoms with Gasteiger partial charge in [0, 0.05) is 28.6 Å². The van der Waals surface area contributed by atoms with Crippen molar-refractivity contribution in [1.29, 1.82) is 0 Å². The number of aryl methyl sites for hydroxylation is 1. The van der Waals surface area contributed by atoms with Crippen LogP contribution in [0.5, 0.6) is 5.88 Å². The summed E-state index contributed by atoms with van der Waals surface area (Å²) in [6.45, 7) is 4.07. The maximum absolute atomic E-state index is 11.2. The van der Waals surface area contributed by atoms with E-state index in [0.717, 1.165) is 35.2 Å². The Morgan fingerprint density at radius 1 is 1.27 bits per heavy atom. The number of aldehydes is 1. The molecule has 3 aromatic rings. The minimum Gasteiger partial charge on any atom is -0.481 e. The Balaban J connectivity index is 2.28. The normalized spacial score (nSPS) is 10.9. The lowest BCUT2D eigenvalue weighted by molar-refractivity contribution is 0.112. The van der Waals surface area contributed by atoms with Crippen molar-refractivity contribution in [3.63, 3.8) is 0 Å². The average Bonchev–Trinajstić information content (AvgIpc) is 2.97. The molecular formula is C17H17N3O2. The van der Waals surface area contributed by atoms with Crippen LogP contribution < -0.4 is 4.74 Å². The molecule has 0 spiro atoms. The number of aromatic nitrogens is 3. The largest absolute Gasteiger partial charge is 0.481 e. The lowest BCUT2D eigenvalue weighted by atomic mass is 10.1. The zero-order chi connectivity index (χ0) is 15.7. The van der Waals surface area contributed by atoms with Crippen LogP contribution in [0.4, 0.5) is 0 Å². The van der Waals surface area contributed by atoms with Crippen LogP contribution in [0.25, 0.3) is 17.0 Å². The number of ether oxygens (including phenoxy) is 1. The van der Waals surface area contributed by atoms with Crippen molar-refractivity contribution < 1.29 is 9.53 Å². The van der Waals surface area contributed by atoms with Gasteiger partial charge in [-0.15, -0.1) is 0 Å². The molecule has 5 heteroatoms. The summed E-state index contributed by atoms with van der Waals surface area (Å²) >= 11 is 0. The standard InChI is InChI=1S/C17H17N3O2/c1-4-15-11(2)16(22-3)19-17-18-14(9-20(15)17)13-8-6-5-7-12(13)10-21/h5-10H,4H2,1-3H3. The van der Waals surface area contributed by atoms with Gasteiger partial charge in [-0.1, -0.05) is 31.2 Å². The van der Waals surface area contributed by atoms with Gasteiger partial charge in [0.1, 0.15) is 0 Å². The number of hydrogen-bond donors (Lipinski definition) is 0. The summed E-state index contributed by atoms with van der Waals surface area (Å²) < 4.78 is 7.30. The van der Waals surface area contributed by atoms with Crippen LogP contribution in [0.1, 0.15) is 28.5 Å². The molecule has 0 N–H and O–H groups in total. The fraction of sp³-hybridized carbons (Fsp3) is 0.235. The molecule has 0 fully saturated rings. The van der Waals surface area contributed by atoms with E-state index in [1.807, 2.05) is 35.7 Å². The highest BCUT2D eigenvalue weighted by molar-refractivity contribution is 5.86. The second-order valence-corrected chi connectivity index (χ2v) is 5.05. The number of nitrogens with zero attached hydrogens (tertiary/aromatic N) is 3. The molecule has 1 aromatic carbocycles. The van der Waals surface area contributed by atoms with Gasteiger partial charge in [-0.25, -0.2) is 4.98 Å². The van der Waals surface area contributed by atoms with Crippen LogP contribution >= 0.6 is 0 Å². The Hall–Kier alpha value is -2.69. The summed E-state index contributed by atoms with van der Waals surface area (Å²) in [5, 5.41) is 0. The second kappa shape index (κ2) is 5.60. The second-order valence-electron chi connectivity index (χ2n) is 5.05. The molecule has 5 nitrogen and oxygen atoms in total. The molecule has 2 aromatic heterocycles. The van der Waals surface area contributed by atoms with Crippen molar-refractivity contribution in [2.75, 3.05) is 7.11 Å². The van der Waals surface area contributed by atoms with Crippen LogP contribution in [-0.2, 0) is 6.42 Å². The molecule has 2 heterocycles. The number of methoxy groups -OCH3 is 1. The molecule has 0 atom stereocenters. The smallest absolute Gasteiger partial charge is 0.237 e. The monoisotopic (exact) mass is 295 g/mol. The summed E-state index contributed by atoms with van der Waals surface area (Å²) in [6, 6.07) is 7.41. The van der Waals surface area contributed by atoms with Gasteiger partial charge < -0.3 is 4.74 Å². The van der Waals surface area contributed by atoms with E-state index in [0.29, 0.717) is 17.2 Å². The molecular weight excluding hydrogens is 278 g/mol. The van der Waals surface area contributed by atoms with Gasteiger partial charge in [0.2, 0.25) is 11.7 Å². The zero-order valence-electron chi connectivity index (χ0n) is 12.8. The molecule has 0 amide bonds. The Morgan fingerprint density at radius 3 is 2.73 bits per heavy atom. The lowest BCUT2D eigenvalue weighted by Crippen LogP contribution is -2.03. The third-order valence-corrected chi connectivity index (χ3v) is 3.83. The molecule has 0 aliphatic rings. The number of carbonyl (C=O) groups excluding carboxylic acids is 1. The summed E-state index contributed by atoms with van der Waals surface area (Å²) in [5.74, 6) is 1.17. The number of imidazole rings is 1. The maximum Gasteiger partial charge on any atom is 0.237 e. The number of benzene rings is 1. The first-order chi connectivity index (χ1) is 10.7. The quantitative estimate of drug-likeness (QED) is 0.694. The minimum atomic E-state index is 0.579. The van der Waals surface area contributed by atoms with Gasteiger partial charge in [0.05, 0.1) is 12.8 Å². The van der Waals surface area contributed by atoms with Crippen LogP contribution in [0.15, 0.2) is 30.5 Å². The van der Waals surface area contributed by atoms with Crippen molar-refractivity contribution in [3.05, 3.63) is 47.3 Å². The Kier molecular flexibility index (Phi) is 3.63. The topological polar surface area (TPSA) is 56.5 Å². The Morgan fingerprint density at radius 2 is 2.05 bits per heavy atom. The fourth-order valence-corrected chi connectivity index (χ4v) is 2.72. The van der Waals surface area contributed by atoms with Crippen LogP contribution in [0, 0.1) is 6.92 Å². The highest BCUT2D eigenvalue weighted by atomic mass is 16.5. The third kappa shape index (κ3) is 2.15. The molecule has 0 aliphatic carbocycles. The maximum atomic E-state index is 11.2. The minimum absolute atomic E-state index is 0.579. The third-order valence-electron chi connectivity index (χ3n) is 3.83. The Labute approximate surface area is 128 Å². The van der Waals surface area contributed by atoms with E-state index in [1.54, 1.807) is 13.2 Å². The summed E-state index contributed by atoms with van der Waals surface area (Å²) in [5.41, 5.74) is 4.26. The summed E-state index contributed by atoms with van der Waals surface area (Å²) in [4.78, 5) is 20.2. The highest BCUT2D eigenvalue weighted by Crippen LogP contribution is 2.26. The van der Waals surface area contributed by atoms with Crippen molar-refractivity contribution in [2.45, 2.75) is 20.3 Å². The summed E-state index contributed by atoms with van der Waals surface area (Å²) in [7, 11) is 1.61. The van der Waals surface area contributed by atoms with Crippen LogP contribution in [0.2, 0.25) is 0 Å². The van der Waals surface area contributed by atoms with Gasteiger partial charge in [-0.05, 0) is 13.3 Å². The predicted molar refractivity (Wildman–Crippen MR) is 84.5 cm³/mol. The Bertz CT molecular complexity index is 852.